The van der Waals surface area contributed by atoms with Gasteiger partial charge >= 0.3 is 0 Å². The average Bonchev–Trinajstić information content (AvgIpc) is 3.11. The van der Waals surface area contributed by atoms with Crippen LogP contribution >= 0.6 is 0 Å². The summed E-state index contributed by atoms with van der Waals surface area (Å²) in [6, 6.07) is 9.46. The number of amides is 1. The first-order valence-corrected chi connectivity index (χ1v) is 10.4. The maximum absolute atomic E-state index is 12.9. The molecule has 0 spiro atoms. The molecule has 1 aliphatic heterocycles. The number of nitrogens with one attached hydrogen (secondary N) is 1. The Bertz CT molecular complexity index is 976. The molecule has 0 radical (unpaired) electrons. The highest BCUT2D eigenvalue weighted by Gasteiger charge is 2.24. The summed E-state index contributed by atoms with van der Waals surface area (Å²) in [6.45, 7) is 6.46. The molecule has 1 saturated heterocycles. The molecule has 1 unspecified atom stereocenters. The van der Waals surface area contributed by atoms with Gasteiger partial charge in [0.2, 0.25) is 0 Å². The second-order valence-electron chi connectivity index (χ2n) is 7.79. The Hall–Kier alpha value is -2.73. The maximum atomic E-state index is 12.9. The monoisotopic (exact) mass is 392 g/mol. The van der Waals surface area contributed by atoms with Crippen molar-refractivity contribution in [3.8, 4) is 0 Å². The van der Waals surface area contributed by atoms with Crippen LogP contribution in [0.4, 0.5) is 0 Å². The van der Waals surface area contributed by atoms with Gasteiger partial charge in [-0.1, -0.05) is 12.8 Å². The smallest absolute Gasteiger partial charge is 0.251 e. The van der Waals surface area contributed by atoms with Crippen LogP contribution in [-0.2, 0) is 0 Å². The number of carbonyl (C=O) groups is 1. The molecule has 6 nitrogen and oxygen atoms in total. The van der Waals surface area contributed by atoms with Gasteiger partial charge < -0.3 is 9.73 Å². The van der Waals surface area contributed by atoms with E-state index in [0.29, 0.717) is 12.1 Å². The van der Waals surface area contributed by atoms with E-state index in [0.717, 1.165) is 41.3 Å². The number of hydrogen-bond acceptors (Lipinski definition) is 5. The van der Waals surface area contributed by atoms with Crippen LogP contribution in [0.5, 0.6) is 0 Å². The Labute approximate surface area is 171 Å². The van der Waals surface area contributed by atoms with Crippen LogP contribution in [-0.4, -0.2) is 40.4 Å². The number of benzene rings is 1. The Kier molecular flexibility index (Phi) is 5.90. The number of likely N-dealkylation sites (tertiary alicyclic amines) is 1. The predicted molar refractivity (Wildman–Crippen MR) is 113 cm³/mol. The van der Waals surface area contributed by atoms with Gasteiger partial charge in [0.25, 0.3) is 5.91 Å². The normalized spacial score (nSPS) is 16.5. The molecule has 3 heterocycles. The number of furan rings is 1. The van der Waals surface area contributed by atoms with Crippen LogP contribution in [0.15, 0.2) is 41.0 Å². The van der Waals surface area contributed by atoms with Crippen molar-refractivity contribution >= 4 is 16.9 Å². The maximum Gasteiger partial charge on any atom is 0.251 e. The molecule has 1 aliphatic rings. The number of carbonyl (C=O) groups excluding carboxylic acids is 1. The summed E-state index contributed by atoms with van der Waals surface area (Å²) in [7, 11) is 0. The van der Waals surface area contributed by atoms with Gasteiger partial charge in [0.15, 0.2) is 0 Å². The van der Waals surface area contributed by atoms with Crippen molar-refractivity contribution in [1.29, 1.82) is 0 Å². The molecule has 0 aliphatic carbocycles. The van der Waals surface area contributed by atoms with Crippen molar-refractivity contribution in [1.82, 2.24) is 20.2 Å². The number of hydrogen-bond donors (Lipinski definition) is 1. The molecule has 0 bridgehead atoms. The SMILES string of the molecule is Cc1nc2ccc(C(=O)NCC(c3ccco3)N3CCCCCC3)cc2nc1C. The van der Waals surface area contributed by atoms with Crippen molar-refractivity contribution in [2.75, 3.05) is 19.6 Å². The van der Waals surface area contributed by atoms with E-state index >= 15 is 0 Å². The van der Waals surface area contributed by atoms with Gasteiger partial charge in [-0.15, -0.1) is 0 Å². The van der Waals surface area contributed by atoms with Crippen LogP contribution in [0.3, 0.4) is 0 Å². The third kappa shape index (κ3) is 4.48. The van der Waals surface area contributed by atoms with E-state index in [-0.39, 0.29) is 11.9 Å². The summed E-state index contributed by atoms with van der Waals surface area (Å²) >= 11 is 0. The molecular formula is C23H28N4O2. The summed E-state index contributed by atoms with van der Waals surface area (Å²) < 4.78 is 5.70. The molecule has 1 amide bonds. The largest absolute Gasteiger partial charge is 0.468 e. The standard InChI is InChI=1S/C23H28N4O2/c1-16-17(2)26-20-14-18(9-10-19(20)25-16)23(28)24-15-21(22-8-7-13-29-22)27-11-5-3-4-6-12-27/h7-10,13-14,21H,3-6,11-12,15H2,1-2H3,(H,24,28). The number of rotatable bonds is 5. The van der Waals surface area contributed by atoms with Gasteiger partial charge in [-0.05, 0) is 70.1 Å². The third-order valence-electron chi connectivity index (χ3n) is 5.75. The molecule has 1 atom stereocenters. The van der Waals surface area contributed by atoms with Gasteiger partial charge in [0.1, 0.15) is 5.76 Å². The quantitative estimate of drug-likeness (QED) is 0.705. The second-order valence-corrected chi connectivity index (χ2v) is 7.79. The minimum Gasteiger partial charge on any atom is -0.468 e. The lowest BCUT2D eigenvalue weighted by Gasteiger charge is -2.29. The number of nitrogens with zero attached hydrogens (tertiary/aromatic N) is 3. The summed E-state index contributed by atoms with van der Waals surface area (Å²) in [5, 5.41) is 3.11. The number of aromatic nitrogens is 2. The second kappa shape index (κ2) is 8.74. The van der Waals surface area contributed by atoms with Crippen LogP contribution < -0.4 is 5.32 Å². The fraction of sp³-hybridized carbons (Fsp3) is 0.435. The van der Waals surface area contributed by atoms with E-state index < -0.39 is 0 Å². The van der Waals surface area contributed by atoms with Crippen molar-refractivity contribution < 1.29 is 9.21 Å². The van der Waals surface area contributed by atoms with E-state index in [1.807, 2.05) is 44.2 Å². The van der Waals surface area contributed by atoms with Gasteiger partial charge in [-0.2, -0.15) is 0 Å². The van der Waals surface area contributed by atoms with E-state index in [2.05, 4.69) is 20.2 Å². The molecule has 1 aromatic carbocycles. The minimum atomic E-state index is -0.0988. The highest BCUT2D eigenvalue weighted by atomic mass is 16.3. The van der Waals surface area contributed by atoms with Crippen LogP contribution in [0, 0.1) is 13.8 Å². The van der Waals surface area contributed by atoms with E-state index in [9.17, 15) is 4.79 Å². The van der Waals surface area contributed by atoms with Crippen molar-refractivity contribution in [2.24, 2.45) is 0 Å². The molecule has 152 valence electrons. The molecule has 29 heavy (non-hydrogen) atoms. The van der Waals surface area contributed by atoms with Gasteiger partial charge in [0, 0.05) is 12.1 Å². The Balaban J connectivity index is 1.50. The first kappa shape index (κ1) is 19.6. The Morgan fingerprint density at radius 3 is 2.48 bits per heavy atom. The lowest BCUT2D eigenvalue weighted by atomic mass is 10.1. The van der Waals surface area contributed by atoms with Gasteiger partial charge in [-0.3, -0.25) is 9.69 Å². The van der Waals surface area contributed by atoms with Crippen LogP contribution in [0.2, 0.25) is 0 Å². The zero-order valence-corrected chi connectivity index (χ0v) is 17.1. The zero-order valence-electron chi connectivity index (χ0n) is 17.1. The van der Waals surface area contributed by atoms with Crippen LogP contribution in [0.25, 0.3) is 11.0 Å². The first-order chi connectivity index (χ1) is 14.1. The zero-order chi connectivity index (χ0) is 20.2. The molecule has 3 aromatic rings. The molecule has 0 saturated carbocycles. The summed E-state index contributed by atoms with van der Waals surface area (Å²) in [5.41, 5.74) is 3.95. The summed E-state index contributed by atoms with van der Waals surface area (Å²) in [5.74, 6) is 0.806. The van der Waals surface area contributed by atoms with E-state index in [1.165, 1.54) is 25.7 Å². The van der Waals surface area contributed by atoms with E-state index in [1.54, 1.807) is 6.26 Å². The molecule has 1 N–H and O–H groups in total. The van der Waals surface area contributed by atoms with E-state index in [4.69, 9.17) is 4.42 Å². The van der Waals surface area contributed by atoms with Gasteiger partial charge in [-0.25, -0.2) is 9.97 Å². The topological polar surface area (TPSA) is 71.3 Å². The van der Waals surface area contributed by atoms with Crippen molar-refractivity contribution in [3.63, 3.8) is 0 Å². The lowest BCUT2D eigenvalue weighted by molar-refractivity contribution is 0.0927. The minimum absolute atomic E-state index is 0.0530. The highest BCUT2D eigenvalue weighted by molar-refractivity contribution is 5.97. The highest BCUT2D eigenvalue weighted by Crippen LogP contribution is 2.24. The fourth-order valence-electron chi connectivity index (χ4n) is 3.96. The third-order valence-corrected chi connectivity index (χ3v) is 5.75. The predicted octanol–water partition coefficient (Wildman–Crippen LogP) is 4.19. The number of aryl methyl sites for hydroxylation is 2. The molecule has 2 aromatic heterocycles. The first-order valence-electron chi connectivity index (χ1n) is 10.4. The summed E-state index contributed by atoms with van der Waals surface area (Å²) in [4.78, 5) is 24.4. The molecular weight excluding hydrogens is 364 g/mol. The lowest BCUT2D eigenvalue weighted by Crippen LogP contribution is -2.38. The Morgan fingerprint density at radius 2 is 1.79 bits per heavy atom. The summed E-state index contributed by atoms with van der Waals surface area (Å²) in [6.07, 6.45) is 6.62. The molecule has 4 rings (SSSR count). The molecule has 6 heteroatoms. The average molecular weight is 393 g/mol. The Morgan fingerprint density at radius 1 is 1.07 bits per heavy atom. The molecule has 1 fully saturated rings. The van der Waals surface area contributed by atoms with Crippen molar-refractivity contribution in [2.45, 2.75) is 45.6 Å². The van der Waals surface area contributed by atoms with Crippen LogP contribution in [0.1, 0.15) is 59.2 Å². The van der Waals surface area contributed by atoms with Crippen molar-refractivity contribution in [3.05, 3.63) is 59.3 Å². The number of fused-ring (bicyclic) bond motifs is 1. The van der Waals surface area contributed by atoms with Gasteiger partial charge in [0.05, 0.1) is 34.7 Å². The fourth-order valence-corrected chi connectivity index (χ4v) is 3.96.